The SMILES string of the molecule is CN(C)[C@H](CCO)c1ccccc1. The van der Waals surface area contributed by atoms with Crippen LogP contribution in [0.5, 0.6) is 0 Å². The maximum Gasteiger partial charge on any atom is 0.0449 e. The maximum atomic E-state index is 8.92. The molecule has 1 N–H and O–H groups in total. The highest BCUT2D eigenvalue weighted by atomic mass is 16.3. The smallest absolute Gasteiger partial charge is 0.0449 e. The maximum absolute atomic E-state index is 8.92. The Morgan fingerprint density at radius 2 is 1.85 bits per heavy atom. The first kappa shape index (κ1) is 10.2. The van der Waals surface area contributed by atoms with Gasteiger partial charge in [0.1, 0.15) is 0 Å². The summed E-state index contributed by atoms with van der Waals surface area (Å²) in [5.74, 6) is 0. The Labute approximate surface area is 79.8 Å². The van der Waals surface area contributed by atoms with Gasteiger partial charge in [0.2, 0.25) is 0 Å². The summed E-state index contributed by atoms with van der Waals surface area (Å²) in [6, 6.07) is 10.6. The molecule has 0 fully saturated rings. The molecule has 0 unspecified atom stereocenters. The van der Waals surface area contributed by atoms with Gasteiger partial charge in [-0.05, 0) is 26.1 Å². The molecule has 0 aliphatic heterocycles. The van der Waals surface area contributed by atoms with Crippen LogP contribution >= 0.6 is 0 Å². The van der Waals surface area contributed by atoms with Crippen LogP contribution in [0.1, 0.15) is 18.0 Å². The molecule has 0 radical (unpaired) electrons. The predicted molar refractivity (Wildman–Crippen MR) is 54.6 cm³/mol. The lowest BCUT2D eigenvalue weighted by Gasteiger charge is -2.23. The van der Waals surface area contributed by atoms with E-state index in [0.717, 1.165) is 6.42 Å². The first-order valence-electron chi connectivity index (χ1n) is 4.58. The second kappa shape index (κ2) is 5.00. The summed E-state index contributed by atoms with van der Waals surface area (Å²) in [6.45, 7) is 0.234. The van der Waals surface area contributed by atoms with Crippen LogP contribution in [0.25, 0.3) is 0 Å². The minimum Gasteiger partial charge on any atom is -0.396 e. The van der Waals surface area contributed by atoms with Crippen LogP contribution in [-0.4, -0.2) is 30.7 Å². The first-order chi connectivity index (χ1) is 6.25. The fourth-order valence-electron chi connectivity index (χ4n) is 1.52. The molecule has 0 spiro atoms. The lowest BCUT2D eigenvalue weighted by atomic mass is 10.0. The fraction of sp³-hybridized carbons (Fsp3) is 0.455. The van der Waals surface area contributed by atoms with Crippen LogP contribution in [-0.2, 0) is 0 Å². The first-order valence-corrected chi connectivity index (χ1v) is 4.58. The van der Waals surface area contributed by atoms with Gasteiger partial charge >= 0.3 is 0 Å². The van der Waals surface area contributed by atoms with Gasteiger partial charge in [0.15, 0.2) is 0 Å². The van der Waals surface area contributed by atoms with Gasteiger partial charge in [-0.15, -0.1) is 0 Å². The quantitative estimate of drug-likeness (QED) is 0.760. The summed E-state index contributed by atoms with van der Waals surface area (Å²) < 4.78 is 0. The Kier molecular flexibility index (Phi) is 3.93. The molecular formula is C11H17NO. The molecule has 13 heavy (non-hydrogen) atoms. The molecule has 1 aromatic carbocycles. The van der Waals surface area contributed by atoms with Gasteiger partial charge in [-0.3, -0.25) is 0 Å². The molecule has 0 bridgehead atoms. The van der Waals surface area contributed by atoms with Crippen molar-refractivity contribution in [1.29, 1.82) is 0 Å². The number of benzene rings is 1. The number of aliphatic hydroxyl groups is 1. The van der Waals surface area contributed by atoms with Crippen molar-refractivity contribution in [2.24, 2.45) is 0 Å². The van der Waals surface area contributed by atoms with E-state index in [1.165, 1.54) is 5.56 Å². The summed E-state index contributed by atoms with van der Waals surface area (Å²) in [6.07, 6.45) is 0.789. The Hall–Kier alpha value is -0.860. The van der Waals surface area contributed by atoms with E-state index in [2.05, 4.69) is 17.0 Å². The zero-order valence-corrected chi connectivity index (χ0v) is 8.27. The fourth-order valence-corrected chi connectivity index (χ4v) is 1.52. The number of hydrogen-bond acceptors (Lipinski definition) is 2. The standard InChI is InChI=1S/C11H17NO/c1-12(2)11(8-9-13)10-6-4-3-5-7-10/h3-7,11,13H,8-9H2,1-2H3/t11-/m1/s1. The number of rotatable bonds is 4. The van der Waals surface area contributed by atoms with Crippen LogP contribution in [0.3, 0.4) is 0 Å². The van der Waals surface area contributed by atoms with Crippen molar-refractivity contribution in [1.82, 2.24) is 4.90 Å². The van der Waals surface area contributed by atoms with E-state index in [4.69, 9.17) is 5.11 Å². The highest BCUT2D eigenvalue weighted by molar-refractivity contribution is 5.18. The van der Waals surface area contributed by atoms with Crippen molar-refractivity contribution in [3.05, 3.63) is 35.9 Å². The average molecular weight is 179 g/mol. The van der Waals surface area contributed by atoms with E-state index >= 15 is 0 Å². The highest BCUT2D eigenvalue weighted by Crippen LogP contribution is 2.20. The predicted octanol–water partition coefficient (Wildman–Crippen LogP) is 1.67. The van der Waals surface area contributed by atoms with E-state index in [1.807, 2.05) is 32.3 Å². The van der Waals surface area contributed by atoms with Crippen LogP contribution < -0.4 is 0 Å². The Balaban J connectivity index is 2.76. The minimum atomic E-state index is 0.234. The zero-order valence-electron chi connectivity index (χ0n) is 8.27. The Bertz CT molecular complexity index is 233. The van der Waals surface area contributed by atoms with Crippen LogP contribution in [0.15, 0.2) is 30.3 Å². The van der Waals surface area contributed by atoms with Gasteiger partial charge in [-0.2, -0.15) is 0 Å². The summed E-state index contributed by atoms with van der Waals surface area (Å²) in [5, 5.41) is 8.92. The monoisotopic (exact) mass is 179 g/mol. The van der Waals surface area contributed by atoms with Gasteiger partial charge in [0.05, 0.1) is 0 Å². The summed E-state index contributed by atoms with van der Waals surface area (Å²) in [7, 11) is 4.07. The third-order valence-electron chi connectivity index (χ3n) is 2.21. The van der Waals surface area contributed by atoms with Crippen LogP contribution in [0.4, 0.5) is 0 Å². The molecule has 0 aliphatic rings. The van der Waals surface area contributed by atoms with Crippen molar-refractivity contribution >= 4 is 0 Å². The molecule has 0 amide bonds. The highest BCUT2D eigenvalue weighted by Gasteiger charge is 2.11. The van der Waals surface area contributed by atoms with Crippen LogP contribution in [0, 0.1) is 0 Å². The number of aliphatic hydroxyl groups excluding tert-OH is 1. The van der Waals surface area contributed by atoms with Gasteiger partial charge in [-0.25, -0.2) is 0 Å². The van der Waals surface area contributed by atoms with E-state index in [-0.39, 0.29) is 6.61 Å². The molecule has 0 saturated heterocycles. The van der Waals surface area contributed by atoms with Crippen molar-refractivity contribution in [3.8, 4) is 0 Å². The lowest BCUT2D eigenvalue weighted by molar-refractivity contribution is 0.211. The van der Waals surface area contributed by atoms with Gasteiger partial charge in [0.25, 0.3) is 0 Å². The van der Waals surface area contributed by atoms with E-state index in [0.29, 0.717) is 6.04 Å². The normalized spacial score (nSPS) is 13.2. The zero-order chi connectivity index (χ0) is 9.68. The van der Waals surface area contributed by atoms with E-state index < -0.39 is 0 Å². The minimum absolute atomic E-state index is 0.234. The van der Waals surface area contributed by atoms with E-state index in [9.17, 15) is 0 Å². The molecule has 0 heterocycles. The van der Waals surface area contributed by atoms with Crippen LogP contribution in [0.2, 0.25) is 0 Å². The molecule has 1 rings (SSSR count). The molecule has 2 nitrogen and oxygen atoms in total. The topological polar surface area (TPSA) is 23.5 Å². The summed E-state index contributed by atoms with van der Waals surface area (Å²) >= 11 is 0. The Morgan fingerprint density at radius 3 is 2.31 bits per heavy atom. The molecule has 2 heteroatoms. The molecule has 0 aliphatic carbocycles. The molecular weight excluding hydrogens is 162 g/mol. The molecule has 72 valence electrons. The third kappa shape index (κ3) is 2.83. The van der Waals surface area contributed by atoms with Crippen molar-refractivity contribution in [3.63, 3.8) is 0 Å². The molecule has 0 saturated carbocycles. The number of hydrogen-bond donors (Lipinski definition) is 1. The van der Waals surface area contributed by atoms with Crippen molar-refractivity contribution < 1.29 is 5.11 Å². The van der Waals surface area contributed by atoms with Gasteiger partial charge < -0.3 is 10.0 Å². The summed E-state index contributed by atoms with van der Waals surface area (Å²) in [4.78, 5) is 2.13. The van der Waals surface area contributed by atoms with Gasteiger partial charge in [0, 0.05) is 12.6 Å². The second-order valence-electron chi connectivity index (χ2n) is 3.40. The molecule has 1 aromatic rings. The molecule has 1 atom stereocenters. The number of nitrogens with zero attached hydrogens (tertiary/aromatic N) is 1. The lowest BCUT2D eigenvalue weighted by Crippen LogP contribution is -2.20. The van der Waals surface area contributed by atoms with Crippen molar-refractivity contribution in [2.45, 2.75) is 12.5 Å². The van der Waals surface area contributed by atoms with Crippen molar-refractivity contribution in [2.75, 3.05) is 20.7 Å². The summed E-state index contributed by atoms with van der Waals surface area (Å²) in [5.41, 5.74) is 1.27. The average Bonchev–Trinajstić information content (AvgIpc) is 2.15. The van der Waals surface area contributed by atoms with E-state index in [1.54, 1.807) is 0 Å². The third-order valence-corrected chi connectivity index (χ3v) is 2.21. The largest absolute Gasteiger partial charge is 0.396 e. The second-order valence-corrected chi connectivity index (χ2v) is 3.40. The Morgan fingerprint density at radius 1 is 1.23 bits per heavy atom. The van der Waals surface area contributed by atoms with Gasteiger partial charge in [-0.1, -0.05) is 30.3 Å². The molecule has 0 aromatic heterocycles.